The Kier molecular flexibility index (Phi) is 10.5. The normalized spacial score (nSPS) is 20.4. The van der Waals surface area contributed by atoms with Crippen molar-refractivity contribution in [3.05, 3.63) is 0 Å². The predicted molar refractivity (Wildman–Crippen MR) is 108 cm³/mol. The van der Waals surface area contributed by atoms with Crippen LogP contribution in [0.2, 0.25) is 0 Å². The van der Waals surface area contributed by atoms with Crippen LogP contribution in [0.5, 0.6) is 0 Å². The van der Waals surface area contributed by atoms with Gasteiger partial charge in [-0.1, -0.05) is 0 Å². The summed E-state index contributed by atoms with van der Waals surface area (Å²) in [4.78, 5) is 61.6. The van der Waals surface area contributed by atoms with Gasteiger partial charge in [-0.05, 0) is 26.7 Å². The van der Waals surface area contributed by atoms with Crippen molar-refractivity contribution in [2.75, 3.05) is 19.8 Å². The number of rotatable bonds is 11. The molecule has 0 aromatic heterocycles. The molecule has 0 aromatic carbocycles. The standard InChI is InChI=1S/C18H31N5O9/c1-8(20-15(28)10(19)6-24)14(27)21-11(7-25)16(29)22-13(9(2)26)17(30)23-5-3-4-12(23)18(31)32/h8-13,24-26H,3-7,19H2,1-2H3,(H,20,28)(H,21,27)(H,22,29)(H,31,32)/t8-,9+,10-,11-,12-,13-/m0/s1. The van der Waals surface area contributed by atoms with Crippen LogP contribution in [-0.2, 0) is 24.0 Å². The first kappa shape index (κ1) is 27.2. The Morgan fingerprint density at radius 1 is 1.00 bits per heavy atom. The average Bonchev–Trinajstić information content (AvgIpc) is 3.24. The smallest absolute Gasteiger partial charge is 0.326 e. The quantitative estimate of drug-likeness (QED) is 0.146. The van der Waals surface area contributed by atoms with E-state index < -0.39 is 79.1 Å². The topological polar surface area (TPSA) is 232 Å². The molecule has 182 valence electrons. The summed E-state index contributed by atoms with van der Waals surface area (Å²) in [6.45, 7) is 1.14. The second-order valence-corrected chi connectivity index (χ2v) is 7.52. The largest absolute Gasteiger partial charge is 0.480 e. The molecule has 0 spiro atoms. The van der Waals surface area contributed by atoms with Gasteiger partial charge in [0, 0.05) is 6.54 Å². The maximum absolute atomic E-state index is 12.8. The molecule has 0 unspecified atom stereocenters. The van der Waals surface area contributed by atoms with Crippen LogP contribution in [-0.4, -0.2) is 111 Å². The summed E-state index contributed by atoms with van der Waals surface area (Å²) in [5, 5.41) is 44.2. The molecule has 0 aliphatic carbocycles. The van der Waals surface area contributed by atoms with E-state index in [-0.39, 0.29) is 13.0 Å². The highest BCUT2D eigenvalue weighted by molar-refractivity contribution is 5.95. The number of hydrogen-bond donors (Lipinski definition) is 8. The number of nitrogens with zero attached hydrogens (tertiary/aromatic N) is 1. The molecule has 1 heterocycles. The molecule has 0 radical (unpaired) electrons. The van der Waals surface area contributed by atoms with Crippen molar-refractivity contribution in [3.8, 4) is 0 Å². The highest BCUT2D eigenvalue weighted by atomic mass is 16.4. The van der Waals surface area contributed by atoms with Gasteiger partial charge in [0.2, 0.25) is 23.6 Å². The molecule has 32 heavy (non-hydrogen) atoms. The fraction of sp³-hybridized carbons (Fsp3) is 0.722. The summed E-state index contributed by atoms with van der Waals surface area (Å²) in [5.74, 6) is -4.68. The first-order valence-electron chi connectivity index (χ1n) is 10.0. The zero-order valence-corrected chi connectivity index (χ0v) is 17.9. The van der Waals surface area contributed by atoms with E-state index in [0.717, 1.165) is 4.90 Å². The lowest BCUT2D eigenvalue weighted by molar-refractivity contribution is -0.150. The molecule has 9 N–H and O–H groups in total. The second kappa shape index (κ2) is 12.3. The van der Waals surface area contributed by atoms with Crippen molar-refractivity contribution >= 4 is 29.6 Å². The Balaban J connectivity index is 2.81. The highest BCUT2D eigenvalue weighted by Gasteiger charge is 2.40. The first-order chi connectivity index (χ1) is 14.9. The average molecular weight is 461 g/mol. The molecule has 0 saturated carbocycles. The number of likely N-dealkylation sites (tertiary alicyclic amines) is 1. The lowest BCUT2D eigenvalue weighted by atomic mass is 10.1. The number of aliphatic hydroxyl groups excluding tert-OH is 3. The van der Waals surface area contributed by atoms with E-state index >= 15 is 0 Å². The minimum atomic E-state index is -1.53. The van der Waals surface area contributed by atoms with E-state index in [1.807, 2.05) is 0 Å². The van der Waals surface area contributed by atoms with Gasteiger partial charge in [-0.15, -0.1) is 0 Å². The number of carboxylic acids is 1. The third-order valence-electron chi connectivity index (χ3n) is 4.97. The van der Waals surface area contributed by atoms with E-state index in [1.165, 1.54) is 13.8 Å². The Morgan fingerprint density at radius 2 is 1.62 bits per heavy atom. The van der Waals surface area contributed by atoms with Gasteiger partial charge >= 0.3 is 5.97 Å². The van der Waals surface area contributed by atoms with E-state index in [0.29, 0.717) is 6.42 Å². The van der Waals surface area contributed by atoms with Crippen LogP contribution in [0.15, 0.2) is 0 Å². The molecule has 0 bridgehead atoms. The summed E-state index contributed by atoms with van der Waals surface area (Å²) >= 11 is 0. The Labute approximate surface area is 184 Å². The summed E-state index contributed by atoms with van der Waals surface area (Å²) in [6.07, 6.45) is -0.711. The van der Waals surface area contributed by atoms with Crippen molar-refractivity contribution in [1.82, 2.24) is 20.9 Å². The van der Waals surface area contributed by atoms with Crippen LogP contribution in [0.3, 0.4) is 0 Å². The summed E-state index contributed by atoms with van der Waals surface area (Å²) in [5.41, 5.74) is 5.34. The maximum Gasteiger partial charge on any atom is 0.326 e. The number of aliphatic hydroxyl groups is 3. The minimum Gasteiger partial charge on any atom is -0.480 e. The molecule has 0 aromatic rings. The van der Waals surface area contributed by atoms with Crippen LogP contribution >= 0.6 is 0 Å². The van der Waals surface area contributed by atoms with E-state index in [4.69, 9.17) is 10.8 Å². The lowest BCUT2D eigenvalue weighted by Gasteiger charge is -2.30. The first-order valence-corrected chi connectivity index (χ1v) is 10.0. The van der Waals surface area contributed by atoms with Crippen LogP contribution in [0.1, 0.15) is 26.7 Å². The minimum absolute atomic E-state index is 0.141. The van der Waals surface area contributed by atoms with Crippen LogP contribution in [0.25, 0.3) is 0 Å². The molecule has 14 nitrogen and oxygen atoms in total. The van der Waals surface area contributed by atoms with Crippen LogP contribution < -0.4 is 21.7 Å². The third kappa shape index (κ3) is 7.12. The number of aliphatic carboxylic acids is 1. The maximum atomic E-state index is 12.8. The van der Waals surface area contributed by atoms with E-state index in [2.05, 4.69) is 16.0 Å². The number of nitrogens with two attached hydrogens (primary N) is 1. The van der Waals surface area contributed by atoms with Crippen molar-refractivity contribution in [3.63, 3.8) is 0 Å². The number of amides is 4. The molecular formula is C18H31N5O9. The molecular weight excluding hydrogens is 430 g/mol. The van der Waals surface area contributed by atoms with Crippen molar-refractivity contribution in [1.29, 1.82) is 0 Å². The molecule has 1 aliphatic rings. The SMILES string of the molecule is C[C@H](NC(=O)[C@@H](N)CO)C(=O)N[C@@H](CO)C(=O)N[C@H](C(=O)N1CCC[C@H]1C(=O)O)[C@@H](C)O. The summed E-state index contributed by atoms with van der Waals surface area (Å²) in [7, 11) is 0. The van der Waals surface area contributed by atoms with Crippen molar-refractivity contribution in [2.24, 2.45) is 5.73 Å². The number of nitrogens with one attached hydrogen (secondary N) is 3. The molecule has 4 amide bonds. The Bertz CT molecular complexity index is 717. The number of carboxylic acid groups (broad SMARTS) is 1. The number of hydrogen-bond acceptors (Lipinski definition) is 9. The van der Waals surface area contributed by atoms with E-state index in [1.54, 1.807) is 0 Å². The highest BCUT2D eigenvalue weighted by Crippen LogP contribution is 2.19. The molecule has 1 fully saturated rings. The van der Waals surface area contributed by atoms with Gasteiger partial charge in [-0.25, -0.2) is 4.79 Å². The van der Waals surface area contributed by atoms with Gasteiger partial charge in [0.1, 0.15) is 30.2 Å². The van der Waals surface area contributed by atoms with E-state index in [9.17, 15) is 39.3 Å². The molecule has 14 heteroatoms. The summed E-state index contributed by atoms with van der Waals surface area (Å²) in [6, 6.07) is -6.54. The summed E-state index contributed by atoms with van der Waals surface area (Å²) < 4.78 is 0. The van der Waals surface area contributed by atoms with Gasteiger partial charge in [-0.3, -0.25) is 19.2 Å². The molecule has 1 aliphatic heterocycles. The molecule has 1 saturated heterocycles. The van der Waals surface area contributed by atoms with Crippen molar-refractivity contribution < 1.29 is 44.4 Å². The fourth-order valence-corrected chi connectivity index (χ4v) is 3.07. The number of carbonyl (C=O) groups excluding carboxylic acids is 4. The zero-order chi connectivity index (χ0) is 24.6. The monoisotopic (exact) mass is 461 g/mol. The lowest BCUT2D eigenvalue weighted by Crippen LogP contribution is -2.61. The van der Waals surface area contributed by atoms with Gasteiger partial charge in [0.25, 0.3) is 0 Å². The van der Waals surface area contributed by atoms with Gasteiger partial charge in [0.05, 0.1) is 19.3 Å². The Hall–Kier alpha value is -2.81. The van der Waals surface area contributed by atoms with Crippen LogP contribution in [0, 0.1) is 0 Å². The van der Waals surface area contributed by atoms with Gasteiger partial charge in [0.15, 0.2) is 0 Å². The fourth-order valence-electron chi connectivity index (χ4n) is 3.07. The molecule has 6 atom stereocenters. The second-order valence-electron chi connectivity index (χ2n) is 7.52. The third-order valence-corrected chi connectivity index (χ3v) is 4.97. The predicted octanol–water partition coefficient (Wildman–Crippen LogP) is -4.77. The molecule has 1 rings (SSSR count). The van der Waals surface area contributed by atoms with Crippen molar-refractivity contribution in [2.45, 2.75) is 63.0 Å². The number of carbonyl (C=O) groups is 5. The Morgan fingerprint density at radius 3 is 2.12 bits per heavy atom. The zero-order valence-electron chi connectivity index (χ0n) is 17.9. The van der Waals surface area contributed by atoms with Gasteiger partial charge < -0.3 is 47.0 Å². The van der Waals surface area contributed by atoms with Crippen LogP contribution in [0.4, 0.5) is 0 Å². The van der Waals surface area contributed by atoms with Gasteiger partial charge in [-0.2, -0.15) is 0 Å².